The second-order valence-corrected chi connectivity index (χ2v) is 28.7. The first-order valence-electron chi connectivity index (χ1n) is 35.3. The highest BCUT2D eigenvalue weighted by atomic mass is 33.1. The maximum atomic E-state index is 15.3. The molecule has 37 nitrogen and oxygen atoms in total. The van der Waals surface area contributed by atoms with Crippen LogP contribution in [0.15, 0.2) is 91.1 Å². The molecule has 1 saturated heterocycles. The molecule has 27 N–H and O–H groups in total. The zero-order valence-corrected chi connectivity index (χ0v) is 62.4. The Balaban J connectivity index is 1.64. The molecule has 1 aromatic heterocycles. The number of primary amides is 2. The van der Waals surface area contributed by atoms with E-state index in [1.165, 1.54) is 6.92 Å². The number of carbonyl (C=O) groups is 15. The summed E-state index contributed by atoms with van der Waals surface area (Å²) < 4.78 is 0. The lowest BCUT2D eigenvalue weighted by molar-refractivity contribution is -0.138. The van der Waals surface area contributed by atoms with Crippen LogP contribution in [0.5, 0.6) is 0 Å². The van der Waals surface area contributed by atoms with Gasteiger partial charge in [0.25, 0.3) is 0 Å². The average Bonchev–Trinajstić information content (AvgIpc) is 1.71. The summed E-state index contributed by atoms with van der Waals surface area (Å²) in [6, 6.07) is 2.25. The predicted octanol–water partition coefficient (Wildman–Crippen LogP) is -6.74. The third-order valence-electron chi connectivity index (χ3n) is 17.2. The van der Waals surface area contributed by atoms with Crippen LogP contribution >= 0.6 is 21.6 Å². The Morgan fingerprint density at radius 1 is 0.505 bits per heavy atom. The summed E-state index contributed by atoms with van der Waals surface area (Å²) in [4.78, 5) is 214. The Bertz CT molecular complexity index is 3780. The van der Waals surface area contributed by atoms with Crippen molar-refractivity contribution in [2.75, 3.05) is 37.7 Å². The molecule has 0 saturated carbocycles. The molecule has 4 aromatic rings. The summed E-state index contributed by atoms with van der Waals surface area (Å²) in [6.07, 6.45) is -2.89. The van der Waals surface area contributed by atoms with E-state index in [1.807, 2.05) is 0 Å². The molecule has 0 bridgehead atoms. The van der Waals surface area contributed by atoms with E-state index in [0.717, 1.165) is 42.4 Å². The summed E-state index contributed by atoms with van der Waals surface area (Å²) in [5.41, 5.74) is 30.8. The molecule has 0 spiro atoms. The number of H-pyrrole nitrogens is 1. The van der Waals surface area contributed by atoms with E-state index in [1.54, 1.807) is 91.1 Å². The van der Waals surface area contributed by atoms with Crippen molar-refractivity contribution in [3.63, 3.8) is 0 Å². The number of aromatic nitrogens is 1. The summed E-state index contributed by atoms with van der Waals surface area (Å²) in [5.74, 6) is -16.7. The van der Waals surface area contributed by atoms with E-state index in [4.69, 9.17) is 28.7 Å². The van der Waals surface area contributed by atoms with Gasteiger partial charge in [-0.05, 0) is 102 Å². The molecule has 39 heteroatoms. The Hall–Kier alpha value is -10.3. The molecule has 2 heterocycles. The zero-order valence-electron chi connectivity index (χ0n) is 60.8. The van der Waals surface area contributed by atoms with Crippen LogP contribution in [-0.2, 0) is 91.2 Å². The Morgan fingerprint density at radius 2 is 0.936 bits per heavy atom. The van der Waals surface area contributed by atoms with Gasteiger partial charge in [-0.3, -0.25) is 71.9 Å². The maximum Gasteiger partial charge on any atom is 0.245 e. The lowest BCUT2D eigenvalue weighted by Gasteiger charge is -2.29. The van der Waals surface area contributed by atoms with Crippen molar-refractivity contribution in [1.29, 1.82) is 0 Å². The van der Waals surface area contributed by atoms with Crippen LogP contribution in [0.2, 0.25) is 0 Å². The standard InChI is InChI=1S/C70H101N19O18S2/c1-36(73)59(96)77-32-55(94)79-53-35-109-108-34-52(58(75)95)87-67(104)51(33-90)86-70(107)57(39(4)92)88-60(97)37(2)78-69(106)56(38(3)91)89-62(99)46(24-14-16-26-72)80-65(102)49(29-42-31-76-44-22-12-11-21-43(42)44)84-64(101)48(28-41-19-9-6-10-20-41)82-63(100)47(27-40-17-7-5-8-18-40)83-66(103)50(30-54(74)93)85-61(98)45(81-68(53)105)23-13-15-25-71/h5-12,17-22,31,36-39,45-53,56-57,76,90-92H,13-16,23-30,32-35,71-73H2,1-4H3,(H2,74,93)(H2,75,95)(H,77,96)(H,78,106)(H,79,94)(H,80,102)(H,81,105)(H,82,100)(H,83,103)(H,84,101)(H,85,98)(H,86,107)(H,87,104)(H,88,97)(H,89,99)/t36-,37-,38-,39-,45-,46+,47-,48+,49-,50+,51-,52-,53-,56+,57+/m0/s1. The number of para-hydroxylation sites is 1. The number of aliphatic hydroxyl groups excluding tert-OH is 3. The van der Waals surface area contributed by atoms with Gasteiger partial charge in [-0.25, -0.2) is 0 Å². The number of nitrogens with two attached hydrogens (primary N) is 5. The molecule has 5 rings (SSSR count). The third-order valence-corrected chi connectivity index (χ3v) is 19.6. The van der Waals surface area contributed by atoms with Crippen molar-refractivity contribution in [2.24, 2.45) is 28.7 Å². The number of aromatic amines is 1. The van der Waals surface area contributed by atoms with E-state index in [0.29, 0.717) is 40.4 Å². The van der Waals surface area contributed by atoms with Crippen LogP contribution in [0.1, 0.15) is 89.3 Å². The second kappa shape index (κ2) is 45.5. The minimum absolute atomic E-state index is 0.116. The van der Waals surface area contributed by atoms with E-state index in [2.05, 4.69) is 74.1 Å². The fourth-order valence-electron chi connectivity index (χ4n) is 11.0. The van der Waals surface area contributed by atoms with Gasteiger partial charge in [0, 0.05) is 47.9 Å². The monoisotopic (exact) mass is 1560 g/mol. The topological polar surface area (TPSA) is 619 Å². The lowest BCUT2D eigenvalue weighted by Crippen LogP contribution is -2.63. The van der Waals surface area contributed by atoms with Gasteiger partial charge in [-0.2, -0.15) is 0 Å². The van der Waals surface area contributed by atoms with Crippen LogP contribution < -0.4 is 97.8 Å². The SMILES string of the molecule is C[C@H](N)C(=O)NCC(=O)N[C@H]1CSSC[C@@H](C(N)=O)NC(=O)[C@H](CO)NC(=O)[C@@H]([C@H](C)O)NC(=O)[C@H](C)NC(=O)[C@@H]([C@H](C)O)NC(=O)[C@@H](CCCCN)NC(=O)[C@H](Cc2c[nH]c3ccccc23)NC(=O)[C@@H](Cc2ccccc2)NC(=O)[C@H](Cc2ccccc2)NC(=O)[C@@H](CC(N)=O)NC(=O)[C@H](CCCCN)NC1=O. The van der Waals surface area contributed by atoms with Crippen molar-refractivity contribution in [3.05, 3.63) is 108 Å². The molecular formula is C70H101N19O18S2. The predicted molar refractivity (Wildman–Crippen MR) is 402 cm³/mol. The van der Waals surface area contributed by atoms with Gasteiger partial charge >= 0.3 is 0 Å². The van der Waals surface area contributed by atoms with Crippen LogP contribution in [0.4, 0.5) is 0 Å². The van der Waals surface area contributed by atoms with Crippen molar-refractivity contribution in [2.45, 2.75) is 183 Å². The van der Waals surface area contributed by atoms with Gasteiger partial charge in [-0.1, -0.05) is 100 Å². The third kappa shape index (κ3) is 29.7. The fourth-order valence-corrected chi connectivity index (χ4v) is 13.4. The molecule has 1 aliphatic rings. The van der Waals surface area contributed by atoms with Crippen LogP contribution in [0.3, 0.4) is 0 Å². The summed E-state index contributed by atoms with van der Waals surface area (Å²) in [5, 5.41) is 64.8. The van der Waals surface area contributed by atoms with Crippen LogP contribution in [0.25, 0.3) is 10.9 Å². The molecule has 0 unspecified atom stereocenters. The van der Waals surface area contributed by atoms with Crippen LogP contribution in [0, 0.1) is 0 Å². The number of benzene rings is 3. The summed E-state index contributed by atoms with van der Waals surface area (Å²) >= 11 is 0. The Labute approximate surface area is 636 Å². The normalized spacial score (nSPS) is 24.4. The van der Waals surface area contributed by atoms with Crippen molar-refractivity contribution < 1.29 is 87.2 Å². The molecule has 1 aliphatic heterocycles. The molecule has 1 fully saturated rings. The van der Waals surface area contributed by atoms with E-state index < -0.39 is 210 Å². The van der Waals surface area contributed by atoms with Gasteiger partial charge in [-0.15, -0.1) is 0 Å². The van der Waals surface area contributed by atoms with E-state index >= 15 is 14.4 Å². The maximum absolute atomic E-state index is 15.3. The number of aliphatic hydroxyl groups is 3. The van der Waals surface area contributed by atoms with Crippen molar-refractivity contribution in [3.8, 4) is 0 Å². The highest BCUT2D eigenvalue weighted by molar-refractivity contribution is 8.76. The van der Waals surface area contributed by atoms with Crippen LogP contribution in [-0.4, -0.2) is 237 Å². The van der Waals surface area contributed by atoms with E-state index in [9.17, 15) is 72.9 Å². The first kappa shape index (κ1) is 89.3. The summed E-state index contributed by atoms with van der Waals surface area (Å²) in [7, 11) is 1.63. The molecule has 0 radical (unpaired) electrons. The lowest BCUT2D eigenvalue weighted by atomic mass is 10.00. The smallest absolute Gasteiger partial charge is 0.245 e. The highest BCUT2D eigenvalue weighted by Gasteiger charge is 2.39. The zero-order chi connectivity index (χ0) is 80.4. The van der Waals surface area contributed by atoms with Gasteiger partial charge < -0.3 is 118 Å². The first-order chi connectivity index (χ1) is 51.8. The molecule has 0 aliphatic carbocycles. The number of rotatable bonds is 24. The molecular weight excluding hydrogens is 1460 g/mol. The largest absolute Gasteiger partial charge is 0.394 e. The first-order valence-corrected chi connectivity index (χ1v) is 37.8. The number of nitrogens with one attached hydrogen (secondary N) is 14. The fraction of sp³-hybridized carbons (Fsp3) is 0.500. The molecule has 3 aromatic carbocycles. The minimum Gasteiger partial charge on any atom is -0.394 e. The van der Waals surface area contributed by atoms with Gasteiger partial charge in [0.2, 0.25) is 88.6 Å². The number of carbonyl (C=O) groups excluding carboxylic acids is 15. The number of fused-ring (bicyclic) bond motifs is 1. The number of hydrogen-bond donors (Lipinski definition) is 22. The van der Waals surface area contributed by atoms with Crippen molar-refractivity contribution >= 4 is 121 Å². The van der Waals surface area contributed by atoms with Gasteiger partial charge in [0.05, 0.1) is 37.8 Å². The minimum atomic E-state index is -1.92. The Kier molecular flexibility index (Phi) is 37.3. The second-order valence-electron chi connectivity index (χ2n) is 26.1. The highest BCUT2D eigenvalue weighted by Crippen LogP contribution is 2.24. The van der Waals surface area contributed by atoms with E-state index in [-0.39, 0.29) is 58.0 Å². The molecule has 15 amide bonds. The molecule has 109 heavy (non-hydrogen) atoms. The molecule has 596 valence electrons. The summed E-state index contributed by atoms with van der Waals surface area (Å²) in [6.45, 7) is 3.12. The quantitative estimate of drug-likeness (QED) is 0.0229. The van der Waals surface area contributed by atoms with Gasteiger partial charge in [0.1, 0.15) is 72.5 Å². The van der Waals surface area contributed by atoms with Crippen molar-refractivity contribution in [1.82, 2.24) is 74.1 Å². The number of amides is 15. The number of unbranched alkanes of at least 4 members (excludes halogenated alkanes) is 2. The molecule has 15 atom stereocenters. The Morgan fingerprint density at radius 3 is 1.44 bits per heavy atom. The van der Waals surface area contributed by atoms with Gasteiger partial charge in [0.15, 0.2) is 0 Å². The number of hydrogen-bond acceptors (Lipinski definition) is 23. The average molecular weight is 1560 g/mol.